The van der Waals surface area contributed by atoms with Crippen molar-refractivity contribution in [2.24, 2.45) is 5.92 Å². The van der Waals surface area contributed by atoms with Crippen LogP contribution >= 0.6 is 0 Å². The van der Waals surface area contributed by atoms with E-state index in [-0.39, 0.29) is 30.3 Å². The van der Waals surface area contributed by atoms with Crippen molar-refractivity contribution in [3.8, 4) is 11.5 Å². The van der Waals surface area contributed by atoms with E-state index in [1.54, 1.807) is 18.2 Å². The second-order valence-electron chi connectivity index (χ2n) is 8.56. The Morgan fingerprint density at radius 2 is 1.60 bits per heavy atom. The number of methoxy groups -OCH3 is 1. The Morgan fingerprint density at radius 3 is 2.14 bits per heavy atom. The molecule has 1 saturated carbocycles. The lowest BCUT2D eigenvalue weighted by Crippen LogP contribution is -2.37. The van der Waals surface area contributed by atoms with E-state index in [9.17, 15) is 36.2 Å². The highest BCUT2D eigenvalue weighted by atomic mass is 19.4. The fourth-order valence-electron chi connectivity index (χ4n) is 4.17. The number of alkyl halides is 6. The van der Waals surface area contributed by atoms with E-state index in [0.29, 0.717) is 42.8 Å². The highest BCUT2D eigenvalue weighted by Gasteiger charge is 2.37. The normalized spacial score (nSPS) is 18.8. The zero-order valence-corrected chi connectivity index (χ0v) is 18.9. The van der Waals surface area contributed by atoms with E-state index in [4.69, 9.17) is 4.74 Å². The van der Waals surface area contributed by atoms with Crippen molar-refractivity contribution in [1.29, 1.82) is 0 Å². The van der Waals surface area contributed by atoms with Gasteiger partial charge in [0.05, 0.1) is 18.2 Å². The van der Waals surface area contributed by atoms with Gasteiger partial charge in [-0.05, 0) is 61.9 Å². The Bertz CT molecular complexity index is 999. The summed E-state index contributed by atoms with van der Waals surface area (Å²) in [4.78, 5) is 12.4. The molecule has 1 amide bonds. The Balaban J connectivity index is 1.53. The van der Waals surface area contributed by atoms with E-state index in [0.717, 1.165) is 12.8 Å². The van der Waals surface area contributed by atoms with Gasteiger partial charge in [-0.3, -0.25) is 4.79 Å². The monoisotopic (exact) mass is 504 g/mol. The average molecular weight is 504 g/mol. The molecule has 2 aromatic carbocycles. The van der Waals surface area contributed by atoms with E-state index in [1.165, 1.54) is 7.11 Å². The molecule has 0 saturated heterocycles. The topological polar surface area (TPSA) is 70.6 Å². The standard InChI is InChI=1S/C24H26F6N2O3/c1-35-21-4-2-3-20(33)19(21)13-31-18-7-5-14(6-8-18)12-32-22(34)15-9-16(23(25,26)27)11-17(10-15)24(28,29)30/h2-4,9-11,14,18,31,33H,5-8,12-13H2,1H3,(H,32,34)/t14-,18-. The first-order valence-electron chi connectivity index (χ1n) is 11.0. The molecule has 0 atom stereocenters. The zero-order chi connectivity index (χ0) is 25.8. The number of ether oxygens (including phenoxy) is 1. The number of phenolic OH excluding ortho intramolecular Hbond substituents is 1. The van der Waals surface area contributed by atoms with E-state index < -0.39 is 35.0 Å². The lowest BCUT2D eigenvalue weighted by Gasteiger charge is -2.29. The Labute approximate surface area is 198 Å². The number of aromatic hydroxyl groups is 1. The third-order valence-corrected chi connectivity index (χ3v) is 6.14. The van der Waals surface area contributed by atoms with Crippen LogP contribution in [0.4, 0.5) is 26.3 Å². The number of rotatable bonds is 7. The molecule has 5 nitrogen and oxygen atoms in total. The average Bonchev–Trinajstić information content (AvgIpc) is 2.80. The van der Waals surface area contributed by atoms with Crippen LogP contribution in [0.3, 0.4) is 0 Å². The van der Waals surface area contributed by atoms with Crippen LogP contribution in [0, 0.1) is 5.92 Å². The van der Waals surface area contributed by atoms with Crippen LogP contribution < -0.4 is 15.4 Å². The first kappa shape index (κ1) is 26.7. The molecule has 11 heteroatoms. The molecule has 0 radical (unpaired) electrons. The molecule has 0 unspecified atom stereocenters. The first-order chi connectivity index (χ1) is 16.4. The van der Waals surface area contributed by atoms with Gasteiger partial charge in [-0.15, -0.1) is 0 Å². The zero-order valence-electron chi connectivity index (χ0n) is 18.9. The highest BCUT2D eigenvalue weighted by molar-refractivity contribution is 5.94. The van der Waals surface area contributed by atoms with Gasteiger partial charge in [0.2, 0.25) is 0 Å². The van der Waals surface area contributed by atoms with Gasteiger partial charge in [0.25, 0.3) is 5.91 Å². The largest absolute Gasteiger partial charge is 0.507 e. The van der Waals surface area contributed by atoms with E-state index in [1.807, 2.05) is 0 Å². The Kier molecular flexibility index (Phi) is 8.19. The van der Waals surface area contributed by atoms with Gasteiger partial charge in [-0.2, -0.15) is 26.3 Å². The van der Waals surface area contributed by atoms with Gasteiger partial charge in [-0.1, -0.05) is 6.07 Å². The minimum absolute atomic E-state index is 0.00414. The highest BCUT2D eigenvalue weighted by Crippen LogP contribution is 2.36. The third-order valence-electron chi connectivity index (χ3n) is 6.14. The number of hydrogen-bond acceptors (Lipinski definition) is 4. The maximum absolute atomic E-state index is 13.0. The van der Waals surface area contributed by atoms with Gasteiger partial charge in [0, 0.05) is 30.3 Å². The molecule has 192 valence electrons. The molecular formula is C24H26F6N2O3. The van der Waals surface area contributed by atoms with Crippen molar-refractivity contribution in [2.45, 2.75) is 50.6 Å². The number of benzene rings is 2. The van der Waals surface area contributed by atoms with Crippen LogP contribution in [-0.4, -0.2) is 30.7 Å². The molecule has 0 bridgehead atoms. The van der Waals surface area contributed by atoms with Crippen molar-refractivity contribution in [2.75, 3.05) is 13.7 Å². The molecule has 35 heavy (non-hydrogen) atoms. The fourth-order valence-corrected chi connectivity index (χ4v) is 4.17. The molecule has 1 aliphatic carbocycles. The van der Waals surface area contributed by atoms with Gasteiger partial charge < -0.3 is 20.5 Å². The molecule has 3 rings (SSSR count). The number of hydrogen-bond donors (Lipinski definition) is 3. The quantitative estimate of drug-likeness (QED) is 0.435. The molecule has 3 N–H and O–H groups in total. The minimum Gasteiger partial charge on any atom is -0.507 e. The first-order valence-corrected chi connectivity index (χ1v) is 11.0. The maximum atomic E-state index is 13.0. The Morgan fingerprint density at radius 1 is 1.00 bits per heavy atom. The number of halogens is 6. The van der Waals surface area contributed by atoms with Gasteiger partial charge in [0.15, 0.2) is 0 Å². The van der Waals surface area contributed by atoms with Crippen LogP contribution in [0.15, 0.2) is 36.4 Å². The summed E-state index contributed by atoms with van der Waals surface area (Å²) in [6.45, 7) is 0.551. The molecule has 0 spiro atoms. The summed E-state index contributed by atoms with van der Waals surface area (Å²) in [5, 5.41) is 15.9. The summed E-state index contributed by atoms with van der Waals surface area (Å²) >= 11 is 0. The minimum atomic E-state index is -5.01. The van der Waals surface area contributed by atoms with Gasteiger partial charge in [-0.25, -0.2) is 0 Å². The maximum Gasteiger partial charge on any atom is 0.416 e. The second kappa shape index (κ2) is 10.8. The van der Waals surface area contributed by atoms with Crippen LogP contribution in [0.5, 0.6) is 11.5 Å². The van der Waals surface area contributed by atoms with Crippen molar-refractivity contribution in [1.82, 2.24) is 10.6 Å². The number of phenols is 1. The van der Waals surface area contributed by atoms with Crippen LogP contribution in [-0.2, 0) is 18.9 Å². The van der Waals surface area contributed by atoms with Crippen molar-refractivity contribution in [3.05, 3.63) is 58.7 Å². The van der Waals surface area contributed by atoms with Crippen molar-refractivity contribution in [3.63, 3.8) is 0 Å². The third kappa shape index (κ3) is 7.03. The molecule has 2 aromatic rings. The lowest BCUT2D eigenvalue weighted by atomic mass is 9.86. The molecular weight excluding hydrogens is 478 g/mol. The van der Waals surface area contributed by atoms with Crippen molar-refractivity contribution < 1.29 is 41.0 Å². The molecule has 1 fully saturated rings. The number of nitrogens with one attached hydrogen (secondary N) is 2. The fraction of sp³-hybridized carbons (Fsp3) is 0.458. The summed E-state index contributed by atoms with van der Waals surface area (Å²) < 4.78 is 83.4. The summed E-state index contributed by atoms with van der Waals surface area (Å²) in [5.41, 5.74) is -3.09. The molecule has 0 aliphatic heterocycles. The van der Waals surface area contributed by atoms with E-state index >= 15 is 0 Å². The summed E-state index contributed by atoms with van der Waals surface area (Å²) in [7, 11) is 1.51. The van der Waals surface area contributed by atoms with Gasteiger partial charge >= 0.3 is 12.4 Å². The SMILES string of the molecule is COc1cccc(O)c1CN[C@H]1CC[C@H](CNC(=O)c2cc(C(F)(F)F)cc(C(F)(F)F)c2)CC1. The van der Waals surface area contributed by atoms with Crippen LogP contribution in [0.2, 0.25) is 0 Å². The van der Waals surface area contributed by atoms with E-state index in [2.05, 4.69) is 10.6 Å². The lowest BCUT2D eigenvalue weighted by molar-refractivity contribution is -0.143. The van der Waals surface area contributed by atoms with Crippen molar-refractivity contribution >= 4 is 5.91 Å². The summed E-state index contributed by atoms with van der Waals surface area (Å²) in [6, 6.07) is 6.01. The smallest absolute Gasteiger partial charge is 0.416 e. The predicted octanol–water partition coefficient (Wildman–Crippen LogP) is 5.52. The molecule has 1 aliphatic rings. The van der Waals surface area contributed by atoms with Crippen LogP contribution in [0.1, 0.15) is 52.7 Å². The number of carbonyl (C=O) groups is 1. The predicted molar refractivity (Wildman–Crippen MR) is 116 cm³/mol. The summed E-state index contributed by atoms with van der Waals surface area (Å²) in [5.74, 6) is -0.244. The molecule has 0 aromatic heterocycles. The van der Waals surface area contributed by atoms with Crippen LogP contribution in [0.25, 0.3) is 0 Å². The second-order valence-corrected chi connectivity index (χ2v) is 8.56. The number of amides is 1. The number of carbonyl (C=O) groups excluding carboxylic acids is 1. The van der Waals surface area contributed by atoms with Gasteiger partial charge in [0.1, 0.15) is 11.5 Å². The molecule has 0 heterocycles. The Hall–Kier alpha value is -2.95. The summed E-state index contributed by atoms with van der Waals surface area (Å²) in [6.07, 6.45) is -7.07.